The van der Waals surface area contributed by atoms with Gasteiger partial charge in [0, 0.05) is 22.7 Å². The van der Waals surface area contributed by atoms with Crippen LogP contribution in [0.1, 0.15) is 37.2 Å². The minimum Gasteiger partial charge on any atom is -0.496 e. The average Bonchev–Trinajstić information content (AvgIpc) is 2.82. The molecule has 0 aliphatic carbocycles. The third-order valence-corrected chi connectivity index (χ3v) is 6.48. The van der Waals surface area contributed by atoms with Crippen molar-refractivity contribution in [2.24, 2.45) is 5.73 Å². The molecule has 2 heterocycles. The lowest BCUT2D eigenvalue weighted by atomic mass is 9.92. The van der Waals surface area contributed by atoms with Crippen molar-refractivity contribution in [1.29, 1.82) is 0 Å². The van der Waals surface area contributed by atoms with Crippen molar-refractivity contribution in [1.82, 2.24) is 9.88 Å². The van der Waals surface area contributed by atoms with Crippen molar-refractivity contribution in [2.75, 3.05) is 32.1 Å². The van der Waals surface area contributed by atoms with Gasteiger partial charge in [-0.1, -0.05) is 18.0 Å². The predicted octanol–water partition coefficient (Wildman–Crippen LogP) is 5.22. The van der Waals surface area contributed by atoms with Crippen molar-refractivity contribution < 1.29 is 13.9 Å². The lowest BCUT2D eigenvalue weighted by Gasteiger charge is -2.28. The summed E-state index contributed by atoms with van der Waals surface area (Å²) in [6.45, 7) is 2.94. The first-order chi connectivity index (χ1) is 16.0. The number of hydrogen-bond donors (Lipinski definition) is 2. The van der Waals surface area contributed by atoms with Gasteiger partial charge in [-0.3, -0.25) is 4.79 Å². The van der Waals surface area contributed by atoms with E-state index in [1.54, 1.807) is 19.4 Å². The van der Waals surface area contributed by atoms with Gasteiger partial charge >= 0.3 is 0 Å². The maximum atomic E-state index is 13.6. The molecule has 1 aliphatic rings. The van der Waals surface area contributed by atoms with Gasteiger partial charge in [-0.25, -0.2) is 9.37 Å². The largest absolute Gasteiger partial charge is 0.496 e. The summed E-state index contributed by atoms with van der Waals surface area (Å²) in [4.78, 5) is 19.3. The summed E-state index contributed by atoms with van der Waals surface area (Å²) in [7, 11) is 1.60. The Balaban J connectivity index is 1.69. The van der Waals surface area contributed by atoms with Crippen LogP contribution in [0.3, 0.4) is 0 Å². The second-order valence-electron chi connectivity index (χ2n) is 8.38. The van der Waals surface area contributed by atoms with E-state index in [2.05, 4.69) is 15.2 Å². The number of hydrogen-bond acceptors (Lipinski definition) is 5. The van der Waals surface area contributed by atoms with Crippen LogP contribution >= 0.6 is 11.6 Å². The van der Waals surface area contributed by atoms with Gasteiger partial charge < -0.3 is 20.7 Å². The molecule has 1 aromatic heterocycles. The van der Waals surface area contributed by atoms with E-state index >= 15 is 0 Å². The van der Waals surface area contributed by atoms with Gasteiger partial charge in [0.1, 0.15) is 17.4 Å². The minimum atomic E-state index is -0.491. The summed E-state index contributed by atoms with van der Waals surface area (Å²) in [5.74, 6) is -0.116. The fraction of sp³-hybridized carbons (Fsp3) is 0.360. The molecule has 33 heavy (non-hydrogen) atoms. The quantitative estimate of drug-likeness (QED) is 0.471. The fourth-order valence-corrected chi connectivity index (χ4v) is 4.60. The molecular formula is C25H28ClFN4O2. The normalized spacial score (nSPS) is 15.4. The number of benzene rings is 2. The van der Waals surface area contributed by atoms with E-state index in [4.69, 9.17) is 22.1 Å². The number of rotatable bonds is 8. The van der Waals surface area contributed by atoms with Gasteiger partial charge in [0.05, 0.1) is 18.1 Å². The van der Waals surface area contributed by atoms with E-state index in [0.717, 1.165) is 36.0 Å². The number of carbonyl (C=O) groups excluding carboxylic acids is 1. The zero-order chi connectivity index (χ0) is 23.4. The summed E-state index contributed by atoms with van der Waals surface area (Å²) in [6.07, 6.45) is 5.96. The molecule has 1 amide bonds. The molecule has 0 saturated carbocycles. The van der Waals surface area contributed by atoms with Crippen LogP contribution in [-0.4, -0.2) is 42.5 Å². The Kier molecular flexibility index (Phi) is 7.30. The van der Waals surface area contributed by atoms with Crippen molar-refractivity contribution in [2.45, 2.75) is 31.6 Å². The summed E-state index contributed by atoms with van der Waals surface area (Å²) in [6, 6.07) is 10.1. The summed E-state index contributed by atoms with van der Waals surface area (Å²) < 4.78 is 19.2. The van der Waals surface area contributed by atoms with Crippen molar-refractivity contribution >= 4 is 39.8 Å². The fourth-order valence-electron chi connectivity index (χ4n) is 4.42. The Labute approximate surface area is 197 Å². The van der Waals surface area contributed by atoms with Crippen LogP contribution in [0.4, 0.5) is 15.9 Å². The van der Waals surface area contributed by atoms with E-state index in [1.165, 1.54) is 31.4 Å². The van der Waals surface area contributed by atoms with Gasteiger partial charge in [0.15, 0.2) is 0 Å². The van der Waals surface area contributed by atoms with Crippen LogP contribution in [0.2, 0.25) is 5.02 Å². The number of amides is 1. The molecule has 0 bridgehead atoms. The lowest BCUT2D eigenvalue weighted by molar-refractivity contribution is -0.119. The number of pyridine rings is 1. The summed E-state index contributed by atoms with van der Waals surface area (Å²) in [5.41, 5.74) is 7.22. The molecule has 0 spiro atoms. The Hall–Kier alpha value is -2.90. The van der Waals surface area contributed by atoms with E-state index in [-0.39, 0.29) is 10.9 Å². The topological polar surface area (TPSA) is 80.5 Å². The van der Waals surface area contributed by atoms with E-state index in [1.807, 2.05) is 18.2 Å². The highest BCUT2D eigenvalue weighted by atomic mass is 35.5. The maximum Gasteiger partial charge on any atom is 0.225 e. The number of anilines is 2. The van der Waals surface area contributed by atoms with Gasteiger partial charge in [-0.2, -0.15) is 0 Å². The molecule has 4 rings (SSSR count). The number of nitrogens with two attached hydrogens (primary N) is 1. The zero-order valence-electron chi connectivity index (χ0n) is 18.6. The third-order valence-electron chi connectivity index (χ3n) is 6.20. The molecule has 1 aliphatic heterocycles. The van der Waals surface area contributed by atoms with Gasteiger partial charge in [0.2, 0.25) is 5.91 Å². The van der Waals surface area contributed by atoms with Crippen LogP contribution in [-0.2, 0) is 4.79 Å². The molecule has 174 valence electrons. The number of fused-ring (bicyclic) bond motifs is 1. The SMILES string of the molecule is COc1cc(C(CCN2CCCCC2)C(N)=O)cc2c(Nc3ccc(F)c(Cl)c3)nccc12. The van der Waals surface area contributed by atoms with Crippen molar-refractivity contribution in [3.8, 4) is 5.75 Å². The number of likely N-dealkylation sites (tertiary alicyclic amines) is 1. The molecule has 1 atom stereocenters. The van der Waals surface area contributed by atoms with Crippen LogP contribution in [0.25, 0.3) is 10.8 Å². The minimum absolute atomic E-state index is 0.0185. The first-order valence-electron chi connectivity index (χ1n) is 11.2. The predicted molar refractivity (Wildman–Crippen MR) is 130 cm³/mol. The molecule has 1 fully saturated rings. The standard InChI is InChI=1S/C25H28ClFN4O2/c1-33-23-14-16(18(24(28)32)8-12-31-10-3-2-4-11-31)13-20-19(23)7-9-29-25(20)30-17-5-6-22(27)21(26)15-17/h5-7,9,13-15,18H,2-4,8,10-12H2,1H3,(H2,28,32)(H,29,30). The van der Waals surface area contributed by atoms with E-state index in [0.29, 0.717) is 23.7 Å². The van der Waals surface area contributed by atoms with Gasteiger partial charge in [0.25, 0.3) is 0 Å². The molecule has 2 aromatic carbocycles. The summed E-state index contributed by atoms with van der Waals surface area (Å²) in [5, 5.41) is 4.84. The average molecular weight is 471 g/mol. The second kappa shape index (κ2) is 10.4. The van der Waals surface area contributed by atoms with Crippen molar-refractivity contribution in [3.63, 3.8) is 0 Å². The molecule has 3 N–H and O–H groups in total. The van der Waals surface area contributed by atoms with E-state index < -0.39 is 11.7 Å². The Morgan fingerprint density at radius 2 is 2.00 bits per heavy atom. The maximum absolute atomic E-state index is 13.6. The van der Waals surface area contributed by atoms with E-state index in [9.17, 15) is 9.18 Å². The lowest BCUT2D eigenvalue weighted by Crippen LogP contribution is -2.33. The number of halogens is 2. The third kappa shape index (κ3) is 5.37. The molecule has 8 heteroatoms. The number of piperidine rings is 1. The molecule has 1 saturated heterocycles. The molecule has 0 radical (unpaired) electrons. The molecular weight excluding hydrogens is 443 g/mol. The molecule has 1 unspecified atom stereocenters. The van der Waals surface area contributed by atoms with Crippen LogP contribution < -0.4 is 15.8 Å². The first kappa shape index (κ1) is 23.3. The van der Waals surface area contributed by atoms with Crippen LogP contribution in [0.15, 0.2) is 42.6 Å². The smallest absolute Gasteiger partial charge is 0.225 e. The van der Waals surface area contributed by atoms with Gasteiger partial charge in [-0.15, -0.1) is 0 Å². The first-order valence-corrected chi connectivity index (χ1v) is 11.5. The van der Waals surface area contributed by atoms with Crippen LogP contribution in [0.5, 0.6) is 5.75 Å². The van der Waals surface area contributed by atoms with Crippen LogP contribution in [0, 0.1) is 5.82 Å². The number of nitrogens with zero attached hydrogens (tertiary/aromatic N) is 2. The highest BCUT2D eigenvalue weighted by Crippen LogP contribution is 2.36. The number of nitrogens with one attached hydrogen (secondary N) is 1. The van der Waals surface area contributed by atoms with Gasteiger partial charge in [-0.05, 0) is 80.9 Å². The second-order valence-corrected chi connectivity index (χ2v) is 8.78. The Morgan fingerprint density at radius 1 is 1.21 bits per heavy atom. The summed E-state index contributed by atoms with van der Waals surface area (Å²) >= 11 is 5.94. The number of ether oxygens (including phenoxy) is 1. The molecule has 6 nitrogen and oxygen atoms in total. The Morgan fingerprint density at radius 3 is 2.70 bits per heavy atom. The zero-order valence-corrected chi connectivity index (χ0v) is 19.4. The van der Waals surface area contributed by atoms with Crippen molar-refractivity contribution in [3.05, 3.63) is 59.0 Å². The number of aromatic nitrogens is 1. The highest BCUT2D eigenvalue weighted by Gasteiger charge is 2.22. The number of primary amides is 1. The number of carbonyl (C=O) groups is 1. The highest BCUT2D eigenvalue weighted by molar-refractivity contribution is 6.31. The Bertz CT molecular complexity index is 1150. The molecule has 3 aromatic rings. The number of methoxy groups -OCH3 is 1. The monoisotopic (exact) mass is 470 g/mol.